The fraction of sp³-hybridized carbons (Fsp3) is 0.476. The molecular weight excluding hydrogens is 342 g/mol. The Morgan fingerprint density at radius 3 is 2.41 bits per heavy atom. The predicted molar refractivity (Wildman–Crippen MR) is 104 cm³/mol. The van der Waals surface area contributed by atoms with Crippen LogP contribution in [0.4, 0.5) is 0 Å². The summed E-state index contributed by atoms with van der Waals surface area (Å²) in [6.07, 6.45) is 1.44. The summed E-state index contributed by atoms with van der Waals surface area (Å²) in [5, 5.41) is 4.59. The van der Waals surface area contributed by atoms with Crippen LogP contribution in [0.5, 0.6) is 5.75 Å². The average molecular weight is 369 g/mol. The van der Waals surface area contributed by atoms with Gasteiger partial charge in [0, 0.05) is 24.6 Å². The van der Waals surface area contributed by atoms with E-state index in [9.17, 15) is 9.59 Å². The molecule has 0 bridgehead atoms. The summed E-state index contributed by atoms with van der Waals surface area (Å²) >= 11 is 0. The fourth-order valence-corrected chi connectivity index (χ4v) is 3.20. The first-order valence-corrected chi connectivity index (χ1v) is 9.40. The minimum absolute atomic E-state index is 0.0268. The van der Waals surface area contributed by atoms with Crippen molar-refractivity contribution in [2.45, 2.75) is 45.1 Å². The molecule has 144 valence electrons. The van der Waals surface area contributed by atoms with Crippen molar-refractivity contribution in [1.82, 2.24) is 14.7 Å². The van der Waals surface area contributed by atoms with E-state index in [2.05, 4.69) is 25.9 Å². The van der Waals surface area contributed by atoms with Gasteiger partial charge in [-0.05, 0) is 31.0 Å². The van der Waals surface area contributed by atoms with Crippen LogP contribution in [-0.4, -0.2) is 40.3 Å². The molecule has 1 aliphatic heterocycles. The minimum atomic E-state index is -0.110. The third-order valence-corrected chi connectivity index (χ3v) is 4.86. The molecule has 1 aliphatic rings. The first kappa shape index (κ1) is 19.1. The molecule has 1 saturated heterocycles. The molecule has 0 N–H and O–H groups in total. The third kappa shape index (κ3) is 4.76. The van der Waals surface area contributed by atoms with Gasteiger partial charge in [0.25, 0.3) is 11.5 Å². The van der Waals surface area contributed by atoms with Crippen LogP contribution in [0.1, 0.15) is 45.3 Å². The Morgan fingerprint density at radius 1 is 1.11 bits per heavy atom. The van der Waals surface area contributed by atoms with Crippen LogP contribution in [0.15, 0.2) is 47.3 Å². The Bertz CT molecular complexity index is 832. The van der Waals surface area contributed by atoms with Gasteiger partial charge in [-0.1, -0.05) is 39.0 Å². The largest absolute Gasteiger partial charge is 0.484 e. The van der Waals surface area contributed by atoms with Crippen LogP contribution in [0.2, 0.25) is 0 Å². The monoisotopic (exact) mass is 369 g/mol. The van der Waals surface area contributed by atoms with Crippen molar-refractivity contribution < 1.29 is 9.53 Å². The van der Waals surface area contributed by atoms with Crippen LogP contribution in [0, 0.1) is 0 Å². The number of carbonyl (C=O) groups is 1. The first-order valence-electron chi connectivity index (χ1n) is 9.40. The maximum Gasteiger partial charge on any atom is 0.267 e. The lowest BCUT2D eigenvalue weighted by atomic mass is 9.92. The van der Waals surface area contributed by atoms with Gasteiger partial charge in [0.2, 0.25) is 0 Å². The van der Waals surface area contributed by atoms with E-state index in [0.717, 1.165) is 18.5 Å². The standard InChI is InChI=1S/C21H27N3O3/c1-21(2,3)18-9-10-19(25)24(22-18)16-11-13-23(14-12-16)20(26)15-27-17-7-5-4-6-8-17/h4-10,16H,11-15H2,1-3H3. The van der Waals surface area contributed by atoms with E-state index in [0.29, 0.717) is 18.8 Å². The number of para-hydroxylation sites is 1. The second-order valence-corrected chi connectivity index (χ2v) is 7.97. The lowest BCUT2D eigenvalue weighted by Crippen LogP contribution is -2.43. The number of likely N-dealkylation sites (tertiary alicyclic amines) is 1. The van der Waals surface area contributed by atoms with Gasteiger partial charge in [-0.25, -0.2) is 4.68 Å². The molecule has 0 aliphatic carbocycles. The Kier molecular flexibility index (Phi) is 5.63. The van der Waals surface area contributed by atoms with Crippen LogP contribution < -0.4 is 10.3 Å². The molecule has 1 aromatic carbocycles. The van der Waals surface area contributed by atoms with Gasteiger partial charge in [0.15, 0.2) is 6.61 Å². The Morgan fingerprint density at radius 2 is 1.78 bits per heavy atom. The number of amides is 1. The summed E-state index contributed by atoms with van der Waals surface area (Å²) in [4.78, 5) is 26.5. The van der Waals surface area contributed by atoms with Crippen LogP contribution in [0.3, 0.4) is 0 Å². The van der Waals surface area contributed by atoms with E-state index in [1.165, 1.54) is 0 Å². The summed E-state index contributed by atoms with van der Waals surface area (Å²) < 4.78 is 7.15. The highest BCUT2D eigenvalue weighted by Crippen LogP contribution is 2.23. The smallest absolute Gasteiger partial charge is 0.267 e. The van der Waals surface area contributed by atoms with Gasteiger partial charge in [0.05, 0.1) is 11.7 Å². The summed E-state index contributed by atoms with van der Waals surface area (Å²) in [6, 6.07) is 12.8. The lowest BCUT2D eigenvalue weighted by molar-refractivity contribution is -0.134. The molecule has 0 spiro atoms. The number of hydrogen-bond donors (Lipinski definition) is 0. The number of ether oxygens (including phenoxy) is 1. The van der Waals surface area contributed by atoms with E-state index in [1.807, 2.05) is 30.3 Å². The van der Waals surface area contributed by atoms with E-state index >= 15 is 0 Å². The molecule has 1 amide bonds. The van der Waals surface area contributed by atoms with E-state index in [4.69, 9.17) is 4.74 Å². The zero-order chi connectivity index (χ0) is 19.4. The van der Waals surface area contributed by atoms with E-state index in [-0.39, 0.29) is 29.5 Å². The molecule has 6 heteroatoms. The summed E-state index contributed by atoms with van der Waals surface area (Å²) in [5.41, 5.74) is 0.706. The summed E-state index contributed by atoms with van der Waals surface area (Å²) in [7, 11) is 0. The number of benzene rings is 1. The molecule has 2 heterocycles. The number of carbonyl (C=O) groups excluding carboxylic acids is 1. The summed E-state index contributed by atoms with van der Waals surface area (Å²) in [6.45, 7) is 7.49. The molecule has 6 nitrogen and oxygen atoms in total. The molecule has 1 fully saturated rings. The molecule has 0 atom stereocenters. The number of aromatic nitrogens is 2. The quantitative estimate of drug-likeness (QED) is 0.831. The normalized spacial score (nSPS) is 15.6. The van der Waals surface area contributed by atoms with Crippen molar-refractivity contribution in [3.8, 4) is 5.75 Å². The second kappa shape index (κ2) is 7.94. The Labute approximate surface area is 159 Å². The second-order valence-electron chi connectivity index (χ2n) is 7.97. The SMILES string of the molecule is CC(C)(C)c1ccc(=O)n(C2CCN(C(=O)COc3ccccc3)CC2)n1. The number of rotatable bonds is 4. The van der Waals surface area contributed by atoms with E-state index in [1.54, 1.807) is 21.7 Å². The molecule has 27 heavy (non-hydrogen) atoms. The van der Waals surface area contributed by atoms with Crippen molar-refractivity contribution in [2.75, 3.05) is 19.7 Å². The highest BCUT2D eigenvalue weighted by atomic mass is 16.5. The van der Waals surface area contributed by atoms with Gasteiger partial charge in [0.1, 0.15) is 5.75 Å². The van der Waals surface area contributed by atoms with E-state index < -0.39 is 0 Å². The molecule has 0 unspecified atom stereocenters. The molecule has 2 aromatic rings. The topological polar surface area (TPSA) is 64.4 Å². The number of hydrogen-bond acceptors (Lipinski definition) is 4. The fourth-order valence-electron chi connectivity index (χ4n) is 3.20. The van der Waals surface area contributed by atoms with Crippen molar-refractivity contribution in [3.05, 3.63) is 58.5 Å². The highest BCUT2D eigenvalue weighted by Gasteiger charge is 2.26. The van der Waals surface area contributed by atoms with Crippen molar-refractivity contribution in [2.24, 2.45) is 0 Å². The lowest BCUT2D eigenvalue weighted by Gasteiger charge is -2.32. The molecule has 0 radical (unpaired) electrons. The van der Waals surface area contributed by atoms with Crippen LogP contribution in [0.25, 0.3) is 0 Å². The molecule has 3 rings (SSSR count). The van der Waals surface area contributed by atoms with Gasteiger partial charge in [-0.15, -0.1) is 0 Å². The Balaban J connectivity index is 1.59. The number of piperidine rings is 1. The third-order valence-electron chi connectivity index (χ3n) is 4.86. The maximum atomic E-state index is 12.4. The van der Waals surface area contributed by atoms with Crippen molar-refractivity contribution in [1.29, 1.82) is 0 Å². The van der Waals surface area contributed by atoms with Gasteiger partial charge in [-0.3, -0.25) is 9.59 Å². The summed E-state index contributed by atoms with van der Waals surface area (Å²) in [5.74, 6) is 0.663. The Hall–Kier alpha value is -2.63. The first-order chi connectivity index (χ1) is 12.8. The van der Waals surface area contributed by atoms with Crippen molar-refractivity contribution >= 4 is 5.91 Å². The van der Waals surface area contributed by atoms with Crippen LogP contribution >= 0.6 is 0 Å². The maximum absolute atomic E-state index is 12.4. The number of nitrogens with zero attached hydrogens (tertiary/aromatic N) is 3. The molecular formula is C21H27N3O3. The zero-order valence-corrected chi connectivity index (χ0v) is 16.2. The van der Waals surface area contributed by atoms with Gasteiger partial charge in [-0.2, -0.15) is 5.10 Å². The average Bonchev–Trinajstić information content (AvgIpc) is 2.66. The minimum Gasteiger partial charge on any atom is -0.484 e. The predicted octanol–water partition coefficient (Wildman–Crippen LogP) is 2.78. The zero-order valence-electron chi connectivity index (χ0n) is 16.2. The highest BCUT2D eigenvalue weighted by molar-refractivity contribution is 5.77. The van der Waals surface area contributed by atoms with Gasteiger partial charge < -0.3 is 9.64 Å². The molecule has 0 saturated carbocycles. The van der Waals surface area contributed by atoms with Crippen LogP contribution in [-0.2, 0) is 10.2 Å². The van der Waals surface area contributed by atoms with Crippen molar-refractivity contribution in [3.63, 3.8) is 0 Å². The molecule has 1 aromatic heterocycles. The van der Waals surface area contributed by atoms with Gasteiger partial charge >= 0.3 is 0 Å².